The number of rotatable bonds is 7. The monoisotopic (exact) mass is 282 g/mol. The molecule has 0 saturated carbocycles. The second-order valence-corrected chi connectivity index (χ2v) is 5.71. The van der Waals surface area contributed by atoms with Crippen LogP contribution in [0.5, 0.6) is 0 Å². The molecule has 0 amide bonds. The summed E-state index contributed by atoms with van der Waals surface area (Å²) in [5.41, 5.74) is 0. The molecule has 1 aromatic rings. The summed E-state index contributed by atoms with van der Waals surface area (Å²) in [6.07, 6.45) is 5.81. The van der Waals surface area contributed by atoms with E-state index in [1.165, 1.54) is 10.9 Å². The van der Waals surface area contributed by atoms with Crippen LogP contribution in [0.1, 0.15) is 32.6 Å². The first-order chi connectivity index (χ1) is 7.83. The molecule has 0 aliphatic rings. The van der Waals surface area contributed by atoms with Crippen LogP contribution in [0, 0.1) is 0 Å². The van der Waals surface area contributed by atoms with Crippen molar-refractivity contribution < 1.29 is 4.79 Å². The molecule has 0 spiro atoms. The van der Waals surface area contributed by atoms with Crippen molar-refractivity contribution in [2.75, 3.05) is 0 Å². The summed E-state index contributed by atoms with van der Waals surface area (Å²) in [6.45, 7) is 2.15. The predicted molar refractivity (Wildman–Crippen MR) is 70.1 cm³/mol. The molecule has 0 fully saturated rings. The Hall–Kier alpha value is -0.851. The Morgan fingerprint density at radius 1 is 1.25 bits per heavy atom. The standard InChI is InChI=1S/C14H18OSe/c1-2-3-5-8-13(15)11-12-16-14-9-6-4-7-10-14/h4,6-7,9-12H,2-3,5,8H2,1H3/b12-11+. The Bertz CT molecular complexity index is 330. The van der Waals surface area contributed by atoms with E-state index in [0.29, 0.717) is 21.4 Å². The van der Waals surface area contributed by atoms with Crippen molar-refractivity contribution in [3.8, 4) is 0 Å². The predicted octanol–water partition coefficient (Wildman–Crippen LogP) is 2.68. The Morgan fingerprint density at radius 3 is 2.69 bits per heavy atom. The van der Waals surface area contributed by atoms with E-state index in [1.807, 2.05) is 23.2 Å². The van der Waals surface area contributed by atoms with Crippen molar-refractivity contribution in [1.29, 1.82) is 0 Å². The van der Waals surface area contributed by atoms with Gasteiger partial charge in [-0.25, -0.2) is 0 Å². The summed E-state index contributed by atoms with van der Waals surface area (Å²) in [4.78, 5) is 13.5. The summed E-state index contributed by atoms with van der Waals surface area (Å²) in [5.74, 6) is 0.270. The van der Waals surface area contributed by atoms with Gasteiger partial charge in [-0.3, -0.25) is 0 Å². The molecule has 2 heteroatoms. The fraction of sp³-hybridized carbons (Fsp3) is 0.357. The normalized spacial score (nSPS) is 10.8. The summed E-state index contributed by atoms with van der Waals surface area (Å²) in [7, 11) is 0. The number of ketones is 1. The molecule has 0 unspecified atom stereocenters. The van der Waals surface area contributed by atoms with E-state index in [1.54, 1.807) is 6.08 Å². The third-order valence-electron chi connectivity index (χ3n) is 2.23. The van der Waals surface area contributed by atoms with E-state index < -0.39 is 0 Å². The van der Waals surface area contributed by atoms with E-state index in [4.69, 9.17) is 0 Å². The average molecular weight is 281 g/mol. The first-order valence-electron chi connectivity index (χ1n) is 5.74. The van der Waals surface area contributed by atoms with Crippen LogP contribution in [0.3, 0.4) is 0 Å². The molecule has 0 aliphatic carbocycles. The van der Waals surface area contributed by atoms with Gasteiger partial charge in [0.15, 0.2) is 0 Å². The van der Waals surface area contributed by atoms with Gasteiger partial charge in [0.25, 0.3) is 0 Å². The average Bonchev–Trinajstić information content (AvgIpc) is 2.31. The molecule has 0 aliphatic heterocycles. The number of allylic oxidation sites excluding steroid dienone is 1. The minimum atomic E-state index is 0.270. The van der Waals surface area contributed by atoms with E-state index in [2.05, 4.69) is 19.1 Å². The molecule has 16 heavy (non-hydrogen) atoms. The molecule has 0 heterocycles. The zero-order valence-electron chi connectivity index (χ0n) is 9.69. The third kappa shape index (κ3) is 5.89. The molecular formula is C14H18OSe. The van der Waals surface area contributed by atoms with E-state index >= 15 is 0 Å². The minimum absolute atomic E-state index is 0.270. The molecule has 0 N–H and O–H groups in total. The van der Waals surface area contributed by atoms with Gasteiger partial charge in [-0.1, -0.05) is 0 Å². The maximum absolute atomic E-state index is 11.4. The van der Waals surface area contributed by atoms with Crippen LogP contribution < -0.4 is 4.46 Å². The van der Waals surface area contributed by atoms with Crippen molar-refractivity contribution in [1.82, 2.24) is 0 Å². The number of hydrogen-bond acceptors (Lipinski definition) is 1. The molecule has 1 aromatic carbocycles. The van der Waals surface area contributed by atoms with Crippen molar-refractivity contribution >= 4 is 25.2 Å². The van der Waals surface area contributed by atoms with Gasteiger partial charge in [0.05, 0.1) is 0 Å². The molecule has 86 valence electrons. The van der Waals surface area contributed by atoms with Gasteiger partial charge in [-0.2, -0.15) is 0 Å². The van der Waals surface area contributed by atoms with Gasteiger partial charge in [0, 0.05) is 0 Å². The number of carbonyl (C=O) groups excluding carboxylic acids is 1. The number of benzene rings is 1. The zero-order chi connectivity index (χ0) is 11.6. The Morgan fingerprint density at radius 2 is 2.00 bits per heavy atom. The van der Waals surface area contributed by atoms with E-state index in [9.17, 15) is 4.79 Å². The van der Waals surface area contributed by atoms with Crippen molar-refractivity contribution in [3.05, 3.63) is 41.4 Å². The summed E-state index contributed by atoms with van der Waals surface area (Å²) in [5, 5.41) is 0. The first-order valence-corrected chi connectivity index (χ1v) is 7.58. The molecule has 0 aromatic heterocycles. The van der Waals surface area contributed by atoms with Gasteiger partial charge in [-0.15, -0.1) is 0 Å². The SMILES string of the molecule is CCCCCC(=O)/C=C/[Se]c1ccccc1. The zero-order valence-corrected chi connectivity index (χ0v) is 11.4. The summed E-state index contributed by atoms with van der Waals surface area (Å²) >= 11 is 0.293. The number of carbonyl (C=O) groups is 1. The molecule has 1 rings (SSSR count). The van der Waals surface area contributed by atoms with Gasteiger partial charge in [0.2, 0.25) is 0 Å². The summed E-state index contributed by atoms with van der Waals surface area (Å²) in [6, 6.07) is 10.3. The third-order valence-corrected chi connectivity index (χ3v) is 3.94. The second-order valence-electron chi connectivity index (χ2n) is 3.66. The van der Waals surface area contributed by atoms with Crippen LogP contribution in [0.4, 0.5) is 0 Å². The Kier molecular flexibility index (Phi) is 6.87. The van der Waals surface area contributed by atoms with Crippen LogP contribution in [0.15, 0.2) is 41.4 Å². The van der Waals surface area contributed by atoms with Crippen LogP contribution >= 0.6 is 0 Å². The quantitative estimate of drug-likeness (QED) is 0.426. The van der Waals surface area contributed by atoms with Crippen molar-refractivity contribution in [2.24, 2.45) is 0 Å². The second kappa shape index (κ2) is 8.32. The summed E-state index contributed by atoms with van der Waals surface area (Å²) < 4.78 is 1.31. The van der Waals surface area contributed by atoms with Crippen LogP contribution in [-0.2, 0) is 4.79 Å². The number of hydrogen-bond donors (Lipinski definition) is 0. The van der Waals surface area contributed by atoms with Gasteiger partial charge in [-0.05, 0) is 0 Å². The molecule has 0 atom stereocenters. The van der Waals surface area contributed by atoms with Crippen LogP contribution in [-0.4, -0.2) is 20.7 Å². The number of unbranched alkanes of at least 4 members (excludes halogenated alkanes) is 2. The van der Waals surface area contributed by atoms with Gasteiger partial charge < -0.3 is 0 Å². The van der Waals surface area contributed by atoms with Gasteiger partial charge >= 0.3 is 104 Å². The van der Waals surface area contributed by atoms with Crippen molar-refractivity contribution in [2.45, 2.75) is 32.6 Å². The first kappa shape index (κ1) is 13.2. The van der Waals surface area contributed by atoms with Crippen molar-refractivity contribution in [3.63, 3.8) is 0 Å². The molecule has 0 bridgehead atoms. The topological polar surface area (TPSA) is 17.1 Å². The molecule has 0 radical (unpaired) electrons. The van der Waals surface area contributed by atoms with Gasteiger partial charge in [0.1, 0.15) is 0 Å². The maximum atomic E-state index is 11.4. The van der Waals surface area contributed by atoms with Crippen LogP contribution in [0.25, 0.3) is 0 Å². The fourth-order valence-electron chi connectivity index (χ4n) is 1.32. The van der Waals surface area contributed by atoms with Crippen LogP contribution in [0.2, 0.25) is 0 Å². The fourth-order valence-corrected chi connectivity index (χ4v) is 2.77. The van der Waals surface area contributed by atoms with E-state index in [0.717, 1.165) is 12.8 Å². The Balaban J connectivity index is 2.24. The Labute approximate surface area is 104 Å². The molecular weight excluding hydrogens is 263 g/mol. The molecule has 1 nitrogen and oxygen atoms in total. The molecule has 0 saturated heterocycles. The van der Waals surface area contributed by atoms with E-state index in [-0.39, 0.29) is 5.78 Å².